The van der Waals surface area contributed by atoms with Gasteiger partial charge in [-0.2, -0.15) is 13.2 Å². The Morgan fingerprint density at radius 1 is 1.07 bits per heavy atom. The van der Waals surface area contributed by atoms with E-state index in [2.05, 4.69) is 10.3 Å². The zero-order valence-corrected chi connectivity index (χ0v) is 16.0. The molecule has 0 unspecified atom stereocenters. The number of carbonyl (C=O) groups is 1. The molecule has 1 amide bonds. The number of aromatic nitrogens is 1. The van der Waals surface area contributed by atoms with Gasteiger partial charge in [0.05, 0.1) is 10.6 Å². The molecule has 0 saturated carbocycles. The van der Waals surface area contributed by atoms with Gasteiger partial charge < -0.3 is 4.74 Å². The van der Waals surface area contributed by atoms with E-state index in [9.17, 15) is 18.0 Å². The minimum absolute atomic E-state index is 0.0298. The first-order valence-electron chi connectivity index (χ1n) is 8.55. The summed E-state index contributed by atoms with van der Waals surface area (Å²) in [4.78, 5) is 16.1. The van der Waals surface area contributed by atoms with E-state index in [1.165, 1.54) is 6.07 Å². The van der Waals surface area contributed by atoms with Gasteiger partial charge in [-0.3, -0.25) is 10.3 Å². The number of amides is 1. The van der Waals surface area contributed by atoms with Gasteiger partial charge >= 0.3 is 12.3 Å². The highest BCUT2D eigenvalue weighted by Crippen LogP contribution is 2.36. The van der Waals surface area contributed by atoms with E-state index in [1.54, 1.807) is 18.3 Å². The fourth-order valence-electron chi connectivity index (χ4n) is 2.56. The van der Waals surface area contributed by atoms with E-state index >= 15 is 0 Å². The molecule has 1 heterocycles. The molecule has 0 aliphatic heterocycles. The maximum atomic E-state index is 12.9. The van der Waals surface area contributed by atoms with Crippen molar-refractivity contribution in [2.45, 2.75) is 19.7 Å². The molecule has 2 aromatic carbocycles. The Morgan fingerprint density at radius 3 is 2.38 bits per heavy atom. The summed E-state index contributed by atoms with van der Waals surface area (Å²) in [5, 5.41) is 1.82. The molecule has 3 aromatic rings. The number of rotatable bonds is 4. The van der Waals surface area contributed by atoms with Crippen molar-refractivity contribution < 1.29 is 22.7 Å². The van der Waals surface area contributed by atoms with Crippen molar-refractivity contribution in [2.75, 3.05) is 5.32 Å². The predicted octanol–water partition coefficient (Wildman–Crippen LogP) is 6.48. The number of alkyl halides is 3. The van der Waals surface area contributed by atoms with Gasteiger partial charge in [-0.05, 0) is 42.3 Å². The summed E-state index contributed by atoms with van der Waals surface area (Å²) in [6, 6.07) is 14.3. The fourth-order valence-corrected chi connectivity index (χ4v) is 2.78. The average Bonchev–Trinajstić information content (AvgIpc) is 2.68. The number of nitrogens with one attached hydrogen (secondary N) is 1. The van der Waals surface area contributed by atoms with Crippen LogP contribution in [0.3, 0.4) is 0 Å². The number of aryl methyl sites for hydroxylation is 1. The fraction of sp³-hybridized carbons (Fsp3) is 0.143. The molecule has 0 spiro atoms. The number of anilines is 1. The third-order valence-corrected chi connectivity index (χ3v) is 4.42. The van der Waals surface area contributed by atoms with Gasteiger partial charge in [-0.1, -0.05) is 41.9 Å². The first-order valence-corrected chi connectivity index (χ1v) is 8.92. The maximum absolute atomic E-state index is 12.9. The molecule has 0 saturated heterocycles. The van der Waals surface area contributed by atoms with Crippen LogP contribution in [0.2, 0.25) is 5.02 Å². The minimum atomic E-state index is -4.62. The van der Waals surface area contributed by atoms with Crippen LogP contribution < -0.4 is 5.32 Å². The van der Waals surface area contributed by atoms with Crippen LogP contribution >= 0.6 is 11.6 Å². The van der Waals surface area contributed by atoms with Crippen LogP contribution in [0.4, 0.5) is 23.7 Å². The molecule has 0 aliphatic carbocycles. The van der Waals surface area contributed by atoms with E-state index < -0.39 is 22.9 Å². The summed E-state index contributed by atoms with van der Waals surface area (Å²) in [5.41, 5.74) is 2.49. The molecule has 0 aliphatic rings. The third kappa shape index (κ3) is 5.48. The van der Waals surface area contributed by atoms with Crippen LogP contribution in [0.15, 0.2) is 60.8 Å². The molecule has 0 bridgehead atoms. The van der Waals surface area contributed by atoms with Crippen molar-refractivity contribution >= 4 is 23.4 Å². The molecular formula is C21H16ClF3N2O2. The lowest BCUT2D eigenvalue weighted by atomic mass is 10.1. The molecular weight excluding hydrogens is 405 g/mol. The zero-order chi connectivity index (χ0) is 21.0. The topological polar surface area (TPSA) is 51.2 Å². The van der Waals surface area contributed by atoms with Gasteiger partial charge in [0.2, 0.25) is 0 Å². The van der Waals surface area contributed by atoms with Gasteiger partial charge in [0.25, 0.3) is 0 Å². The van der Waals surface area contributed by atoms with Crippen molar-refractivity contribution in [1.82, 2.24) is 4.98 Å². The molecule has 8 heteroatoms. The van der Waals surface area contributed by atoms with Crippen LogP contribution in [0.25, 0.3) is 11.1 Å². The van der Waals surface area contributed by atoms with Gasteiger partial charge in [-0.15, -0.1) is 0 Å². The monoisotopic (exact) mass is 420 g/mol. The van der Waals surface area contributed by atoms with Crippen LogP contribution in [0.5, 0.6) is 0 Å². The number of pyridine rings is 1. The lowest BCUT2D eigenvalue weighted by molar-refractivity contribution is -0.137. The lowest BCUT2D eigenvalue weighted by Gasteiger charge is -2.12. The first-order chi connectivity index (χ1) is 13.7. The molecule has 29 heavy (non-hydrogen) atoms. The molecule has 1 N–H and O–H groups in total. The number of hydrogen-bond donors (Lipinski definition) is 1. The average molecular weight is 421 g/mol. The number of halogens is 4. The smallest absolute Gasteiger partial charge is 0.417 e. The summed E-state index contributed by atoms with van der Waals surface area (Å²) >= 11 is 5.56. The number of hydrogen-bond acceptors (Lipinski definition) is 3. The van der Waals surface area contributed by atoms with Crippen LogP contribution in [0.1, 0.15) is 16.8 Å². The molecule has 4 nitrogen and oxygen atoms in total. The van der Waals surface area contributed by atoms with Crippen LogP contribution in [-0.4, -0.2) is 11.1 Å². The SMILES string of the molecule is Cc1ccc(-c2ccc(COC(=O)Nc3ccc(Cl)c(C(F)(F)F)c3)cc2)cn1. The molecule has 0 fully saturated rings. The quantitative estimate of drug-likeness (QED) is 0.525. The van der Waals surface area contributed by atoms with Gasteiger partial charge in [0.1, 0.15) is 6.61 Å². The van der Waals surface area contributed by atoms with Crippen molar-refractivity contribution in [3.63, 3.8) is 0 Å². The van der Waals surface area contributed by atoms with Crippen molar-refractivity contribution in [2.24, 2.45) is 0 Å². The summed E-state index contributed by atoms with van der Waals surface area (Å²) in [6.45, 7) is 1.88. The largest absolute Gasteiger partial charge is 0.444 e. The predicted molar refractivity (Wildman–Crippen MR) is 105 cm³/mol. The van der Waals surface area contributed by atoms with Crippen LogP contribution in [-0.2, 0) is 17.5 Å². The van der Waals surface area contributed by atoms with Crippen molar-refractivity contribution in [1.29, 1.82) is 0 Å². The first kappa shape index (κ1) is 20.7. The number of benzene rings is 2. The van der Waals surface area contributed by atoms with E-state index in [4.69, 9.17) is 16.3 Å². The van der Waals surface area contributed by atoms with Gasteiger partial charge in [0, 0.05) is 23.1 Å². The Balaban J connectivity index is 1.59. The maximum Gasteiger partial charge on any atom is 0.417 e. The van der Waals surface area contributed by atoms with Crippen LogP contribution in [0, 0.1) is 6.92 Å². The number of nitrogens with zero attached hydrogens (tertiary/aromatic N) is 1. The second kappa shape index (κ2) is 8.53. The number of ether oxygens (including phenoxy) is 1. The molecule has 150 valence electrons. The van der Waals surface area contributed by atoms with Gasteiger partial charge in [0.15, 0.2) is 0 Å². The Morgan fingerprint density at radius 2 is 1.76 bits per heavy atom. The third-order valence-electron chi connectivity index (χ3n) is 4.09. The highest BCUT2D eigenvalue weighted by molar-refractivity contribution is 6.31. The molecule has 3 rings (SSSR count). The van der Waals surface area contributed by atoms with E-state index in [0.29, 0.717) is 0 Å². The van der Waals surface area contributed by atoms with E-state index in [1.807, 2.05) is 31.2 Å². The lowest BCUT2D eigenvalue weighted by Crippen LogP contribution is -2.14. The Hall–Kier alpha value is -3.06. The summed E-state index contributed by atoms with van der Waals surface area (Å²) < 4.78 is 43.7. The molecule has 1 aromatic heterocycles. The summed E-state index contributed by atoms with van der Waals surface area (Å²) in [5.74, 6) is 0. The van der Waals surface area contributed by atoms with E-state index in [-0.39, 0.29) is 12.3 Å². The minimum Gasteiger partial charge on any atom is -0.444 e. The standard InChI is InChI=1S/C21H16ClF3N2O2/c1-13-2-5-16(11-26-13)15-6-3-14(4-7-15)12-29-20(28)27-17-8-9-19(22)18(10-17)21(23,24)25/h2-11H,12H2,1H3,(H,27,28). The summed E-state index contributed by atoms with van der Waals surface area (Å²) in [6.07, 6.45) is -3.71. The normalized spacial score (nSPS) is 11.2. The van der Waals surface area contributed by atoms with Crippen molar-refractivity contribution in [3.8, 4) is 11.1 Å². The highest BCUT2D eigenvalue weighted by atomic mass is 35.5. The van der Waals surface area contributed by atoms with Crippen molar-refractivity contribution in [3.05, 3.63) is 82.6 Å². The Kier molecular flexibility index (Phi) is 6.08. The van der Waals surface area contributed by atoms with E-state index in [0.717, 1.165) is 34.5 Å². The number of carbonyl (C=O) groups excluding carboxylic acids is 1. The summed E-state index contributed by atoms with van der Waals surface area (Å²) in [7, 11) is 0. The second-order valence-electron chi connectivity index (χ2n) is 6.28. The molecule has 0 atom stereocenters. The second-order valence-corrected chi connectivity index (χ2v) is 6.69. The molecule has 0 radical (unpaired) electrons. The Bertz CT molecular complexity index is 1000. The highest BCUT2D eigenvalue weighted by Gasteiger charge is 2.33. The zero-order valence-electron chi connectivity index (χ0n) is 15.3. The Labute approximate surface area is 170 Å². The van der Waals surface area contributed by atoms with Gasteiger partial charge in [-0.25, -0.2) is 4.79 Å².